The SMILES string of the molecule is CCC(CCNc1ccccc1[N+](=O)[O-])CCC(=O)O. The molecule has 110 valence electrons. The van der Waals surface area contributed by atoms with E-state index < -0.39 is 10.9 Å². The van der Waals surface area contributed by atoms with Gasteiger partial charge in [-0.3, -0.25) is 14.9 Å². The van der Waals surface area contributed by atoms with Gasteiger partial charge in [0.05, 0.1) is 4.92 Å². The van der Waals surface area contributed by atoms with Crippen molar-refractivity contribution in [3.63, 3.8) is 0 Å². The molecule has 0 fully saturated rings. The summed E-state index contributed by atoms with van der Waals surface area (Å²) in [5.41, 5.74) is 0.566. The number of aliphatic carboxylic acids is 1. The molecule has 1 aromatic carbocycles. The molecule has 0 amide bonds. The van der Waals surface area contributed by atoms with Gasteiger partial charge in [0.1, 0.15) is 5.69 Å². The third-order valence-electron chi connectivity index (χ3n) is 3.31. The Kier molecular flexibility index (Phi) is 6.49. The van der Waals surface area contributed by atoms with Crippen molar-refractivity contribution in [1.82, 2.24) is 0 Å². The average Bonchev–Trinajstić information content (AvgIpc) is 2.42. The minimum atomic E-state index is -0.782. The second kappa shape index (κ2) is 8.14. The van der Waals surface area contributed by atoms with Crippen LogP contribution in [0.15, 0.2) is 24.3 Å². The first-order valence-corrected chi connectivity index (χ1v) is 6.73. The molecule has 0 heterocycles. The quantitative estimate of drug-likeness (QED) is 0.535. The van der Waals surface area contributed by atoms with E-state index in [1.165, 1.54) is 6.07 Å². The summed E-state index contributed by atoms with van der Waals surface area (Å²) < 4.78 is 0. The summed E-state index contributed by atoms with van der Waals surface area (Å²) in [4.78, 5) is 21.0. The maximum atomic E-state index is 10.9. The van der Waals surface area contributed by atoms with Crippen molar-refractivity contribution in [3.8, 4) is 0 Å². The maximum Gasteiger partial charge on any atom is 0.303 e. The van der Waals surface area contributed by atoms with E-state index in [0.29, 0.717) is 24.6 Å². The first kappa shape index (κ1) is 15.9. The van der Waals surface area contributed by atoms with Gasteiger partial charge in [-0.25, -0.2) is 0 Å². The molecular weight excluding hydrogens is 260 g/mol. The maximum absolute atomic E-state index is 10.9. The largest absolute Gasteiger partial charge is 0.481 e. The fraction of sp³-hybridized carbons (Fsp3) is 0.500. The van der Waals surface area contributed by atoms with E-state index in [2.05, 4.69) is 5.32 Å². The Morgan fingerprint density at radius 2 is 2.10 bits per heavy atom. The van der Waals surface area contributed by atoms with Gasteiger partial charge in [-0.2, -0.15) is 0 Å². The number of nitrogens with zero attached hydrogens (tertiary/aromatic N) is 1. The second-order valence-electron chi connectivity index (χ2n) is 4.70. The number of carbonyl (C=O) groups is 1. The second-order valence-corrected chi connectivity index (χ2v) is 4.70. The number of benzene rings is 1. The first-order chi connectivity index (χ1) is 9.54. The molecule has 1 atom stereocenters. The van der Waals surface area contributed by atoms with E-state index in [4.69, 9.17) is 5.11 Å². The third kappa shape index (κ3) is 5.26. The van der Waals surface area contributed by atoms with E-state index in [9.17, 15) is 14.9 Å². The fourth-order valence-electron chi connectivity index (χ4n) is 2.07. The Labute approximate surface area is 118 Å². The monoisotopic (exact) mass is 280 g/mol. The molecule has 6 heteroatoms. The highest BCUT2D eigenvalue weighted by atomic mass is 16.6. The Morgan fingerprint density at radius 3 is 2.70 bits per heavy atom. The molecule has 1 rings (SSSR count). The van der Waals surface area contributed by atoms with Gasteiger partial charge in [-0.15, -0.1) is 0 Å². The third-order valence-corrected chi connectivity index (χ3v) is 3.31. The van der Waals surface area contributed by atoms with Gasteiger partial charge in [-0.05, 0) is 24.8 Å². The molecule has 6 nitrogen and oxygen atoms in total. The Bertz CT molecular complexity index is 462. The lowest BCUT2D eigenvalue weighted by Gasteiger charge is -2.14. The summed E-state index contributed by atoms with van der Waals surface area (Å²) in [5.74, 6) is -0.462. The van der Waals surface area contributed by atoms with Gasteiger partial charge in [0.15, 0.2) is 0 Å². The van der Waals surface area contributed by atoms with Crippen LogP contribution < -0.4 is 5.32 Å². The molecule has 20 heavy (non-hydrogen) atoms. The van der Waals surface area contributed by atoms with E-state index in [0.717, 1.165) is 12.8 Å². The molecule has 0 aromatic heterocycles. The highest BCUT2D eigenvalue weighted by molar-refractivity contribution is 5.66. The lowest BCUT2D eigenvalue weighted by atomic mass is 9.96. The normalized spacial score (nSPS) is 11.8. The summed E-state index contributed by atoms with van der Waals surface area (Å²) in [6, 6.07) is 6.52. The molecular formula is C14H20N2O4. The summed E-state index contributed by atoms with van der Waals surface area (Å²) in [6.45, 7) is 2.63. The standard InChI is InChI=1S/C14H20N2O4/c1-2-11(7-8-14(17)18)9-10-15-12-5-3-4-6-13(12)16(19)20/h3-6,11,15H,2,7-10H2,1H3,(H,17,18). The van der Waals surface area contributed by atoms with Gasteiger partial charge < -0.3 is 10.4 Å². The van der Waals surface area contributed by atoms with Crippen LogP contribution in [0.1, 0.15) is 32.6 Å². The molecule has 0 aliphatic heterocycles. The number of anilines is 1. The minimum Gasteiger partial charge on any atom is -0.481 e. The van der Waals surface area contributed by atoms with Crippen molar-refractivity contribution in [2.75, 3.05) is 11.9 Å². The molecule has 2 N–H and O–H groups in total. The molecule has 0 bridgehead atoms. The van der Waals surface area contributed by atoms with E-state index >= 15 is 0 Å². The molecule has 0 saturated heterocycles. The van der Waals surface area contributed by atoms with Crippen LogP contribution in [0.3, 0.4) is 0 Å². The highest BCUT2D eigenvalue weighted by Crippen LogP contribution is 2.24. The van der Waals surface area contributed by atoms with Crippen LogP contribution in [0, 0.1) is 16.0 Å². The molecule has 0 aliphatic rings. The Balaban J connectivity index is 2.47. The minimum absolute atomic E-state index is 0.0612. The summed E-state index contributed by atoms with van der Waals surface area (Å²) in [7, 11) is 0. The van der Waals surface area contributed by atoms with Crippen LogP contribution in [0.2, 0.25) is 0 Å². The van der Waals surface area contributed by atoms with Crippen molar-refractivity contribution in [3.05, 3.63) is 34.4 Å². The van der Waals surface area contributed by atoms with Crippen LogP contribution in [-0.4, -0.2) is 22.5 Å². The predicted octanol–water partition coefficient (Wildman–Crippen LogP) is 3.29. The van der Waals surface area contributed by atoms with Crippen LogP contribution in [0.4, 0.5) is 11.4 Å². The summed E-state index contributed by atoms with van der Waals surface area (Å²) in [5, 5.41) is 22.6. The molecule has 0 saturated carbocycles. The number of nitrogens with one attached hydrogen (secondary N) is 1. The van der Waals surface area contributed by atoms with Crippen molar-refractivity contribution >= 4 is 17.3 Å². The van der Waals surface area contributed by atoms with E-state index in [1.54, 1.807) is 18.2 Å². The lowest BCUT2D eigenvalue weighted by Crippen LogP contribution is -2.11. The zero-order valence-electron chi connectivity index (χ0n) is 11.5. The van der Waals surface area contributed by atoms with Crippen LogP contribution in [-0.2, 0) is 4.79 Å². The van der Waals surface area contributed by atoms with Crippen LogP contribution in [0.25, 0.3) is 0 Å². The van der Waals surface area contributed by atoms with Gasteiger partial charge in [0.25, 0.3) is 5.69 Å². The fourth-order valence-corrected chi connectivity index (χ4v) is 2.07. The van der Waals surface area contributed by atoms with Crippen molar-refractivity contribution in [1.29, 1.82) is 0 Å². The molecule has 0 spiro atoms. The van der Waals surface area contributed by atoms with Crippen LogP contribution in [0.5, 0.6) is 0 Å². The van der Waals surface area contributed by atoms with Gasteiger partial charge in [0.2, 0.25) is 0 Å². The number of carboxylic acid groups (broad SMARTS) is 1. The molecule has 1 aromatic rings. The van der Waals surface area contributed by atoms with Crippen molar-refractivity contribution < 1.29 is 14.8 Å². The van der Waals surface area contributed by atoms with Crippen LogP contribution >= 0.6 is 0 Å². The van der Waals surface area contributed by atoms with Gasteiger partial charge >= 0.3 is 5.97 Å². The lowest BCUT2D eigenvalue weighted by molar-refractivity contribution is -0.384. The van der Waals surface area contributed by atoms with E-state index in [-0.39, 0.29) is 12.1 Å². The van der Waals surface area contributed by atoms with Gasteiger partial charge in [0, 0.05) is 19.0 Å². The predicted molar refractivity (Wildman–Crippen MR) is 76.9 cm³/mol. The number of nitro groups is 1. The molecule has 0 radical (unpaired) electrons. The first-order valence-electron chi connectivity index (χ1n) is 6.73. The van der Waals surface area contributed by atoms with Crippen molar-refractivity contribution in [2.45, 2.75) is 32.6 Å². The number of para-hydroxylation sites is 2. The number of hydrogen-bond acceptors (Lipinski definition) is 4. The van der Waals surface area contributed by atoms with Gasteiger partial charge in [-0.1, -0.05) is 25.5 Å². The summed E-state index contributed by atoms with van der Waals surface area (Å²) >= 11 is 0. The highest BCUT2D eigenvalue weighted by Gasteiger charge is 2.13. The van der Waals surface area contributed by atoms with Crippen molar-refractivity contribution in [2.24, 2.45) is 5.92 Å². The smallest absolute Gasteiger partial charge is 0.303 e. The Hall–Kier alpha value is -2.11. The number of hydrogen-bond donors (Lipinski definition) is 2. The average molecular weight is 280 g/mol. The number of carboxylic acids is 1. The zero-order valence-corrected chi connectivity index (χ0v) is 11.5. The Morgan fingerprint density at radius 1 is 1.40 bits per heavy atom. The zero-order chi connectivity index (χ0) is 15.0. The number of rotatable bonds is 9. The molecule has 1 unspecified atom stereocenters. The molecule has 0 aliphatic carbocycles. The van der Waals surface area contributed by atoms with E-state index in [1.807, 2.05) is 6.92 Å². The topological polar surface area (TPSA) is 92.5 Å². The number of nitro benzene ring substituents is 1. The summed E-state index contributed by atoms with van der Waals surface area (Å²) in [6.07, 6.45) is 2.52.